The third kappa shape index (κ3) is 5.39. The summed E-state index contributed by atoms with van der Waals surface area (Å²) in [6.07, 6.45) is 7.74. The second kappa shape index (κ2) is 9.31. The van der Waals surface area contributed by atoms with Gasteiger partial charge in [0, 0.05) is 39.0 Å². The van der Waals surface area contributed by atoms with Crippen molar-refractivity contribution >= 4 is 11.8 Å². The molecule has 3 rings (SSSR count). The van der Waals surface area contributed by atoms with E-state index in [1.54, 1.807) is 25.5 Å². The Morgan fingerprint density at radius 1 is 1.11 bits per heavy atom. The molecule has 0 radical (unpaired) electrons. The number of aryl methyl sites for hydroxylation is 1. The minimum Gasteiger partial charge on any atom is -0.359 e. The highest BCUT2D eigenvalue weighted by molar-refractivity contribution is 5.93. The Hall–Kier alpha value is -2.69. The van der Waals surface area contributed by atoms with Gasteiger partial charge in [-0.15, -0.1) is 0 Å². The van der Waals surface area contributed by atoms with Crippen molar-refractivity contribution in [1.29, 1.82) is 0 Å². The maximum absolute atomic E-state index is 12.5. The van der Waals surface area contributed by atoms with Gasteiger partial charge in [-0.3, -0.25) is 14.6 Å². The highest BCUT2D eigenvalue weighted by atomic mass is 16.2. The molecule has 1 fully saturated rings. The number of piperidine rings is 1. The van der Waals surface area contributed by atoms with Gasteiger partial charge in [0.25, 0.3) is 5.91 Å². The van der Waals surface area contributed by atoms with E-state index in [1.807, 2.05) is 11.0 Å². The van der Waals surface area contributed by atoms with Crippen molar-refractivity contribution in [2.75, 3.05) is 20.1 Å². The quantitative estimate of drug-likeness (QED) is 0.856. The van der Waals surface area contributed by atoms with Crippen LogP contribution < -0.4 is 5.32 Å². The molecule has 1 N–H and O–H groups in total. The lowest BCUT2D eigenvalue weighted by Gasteiger charge is -2.32. The fourth-order valence-electron chi connectivity index (χ4n) is 3.57. The van der Waals surface area contributed by atoms with Crippen molar-refractivity contribution < 1.29 is 9.59 Å². The van der Waals surface area contributed by atoms with Gasteiger partial charge in [-0.05, 0) is 54.9 Å². The molecule has 0 aliphatic carbocycles. The summed E-state index contributed by atoms with van der Waals surface area (Å²) in [6.45, 7) is 1.62. The summed E-state index contributed by atoms with van der Waals surface area (Å²) in [5.41, 5.74) is 3.19. The van der Waals surface area contributed by atoms with Crippen LogP contribution in [-0.4, -0.2) is 41.8 Å². The average molecular weight is 365 g/mol. The van der Waals surface area contributed by atoms with E-state index in [4.69, 9.17) is 0 Å². The first kappa shape index (κ1) is 19.1. The molecule has 1 aromatic carbocycles. The van der Waals surface area contributed by atoms with E-state index >= 15 is 0 Å². The Labute approximate surface area is 160 Å². The van der Waals surface area contributed by atoms with Crippen LogP contribution in [-0.2, 0) is 17.6 Å². The van der Waals surface area contributed by atoms with E-state index in [9.17, 15) is 9.59 Å². The molecule has 1 saturated heterocycles. The molecule has 2 aromatic rings. The minimum atomic E-state index is 0.0756. The lowest BCUT2D eigenvalue weighted by atomic mass is 9.89. The summed E-state index contributed by atoms with van der Waals surface area (Å²) in [7, 11) is 1.67. The van der Waals surface area contributed by atoms with Crippen LogP contribution in [0.3, 0.4) is 0 Å². The standard InChI is InChI=1S/C22H27N3O2/c1-23-21(26)9-8-17-4-6-18(7-5-17)15-19-10-13-25(14-11-19)22(27)20-3-2-12-24-16-20/h2-7,12,16,19H,8-11,13-15H2,1H3,(H,23,26). The zero-order chi connectivity index (χ0) is 19.1. The maximum atomic E-state index is 12.5. The molecule has 0 saturated carbocycles. The second-order valence-electron chi connectivity index (χ2n) is 7.17. The second-order valence-corrected chi connectivity index (χ2v) is 7.17. The Balaban J connectivity index is 1.46. The van der Waals surface area contributed by atoms with Crippen LogP contribution in [0.2, 0.25) is 0 Å². The third-order valence-electron chi connectivity index (χ3n) is 5.28. The Bertz CT molecular complexity index is 751. The van der Waals surface area contributed by atoms with Crippen LogP contribution in [0.1, 0.15) is 40.7 Å². The largest absolute Gasteiger partial charge is 0.359 e. The molecule has 5 heteroatoms. The van der Waals surface area contributed by atoms with Crippen LogP contribution in [0.15, 0.2) is 48.8 Å². The number of rotatable bonds is 6. The SMILES string of the molecule is CNC(=O)CCc1ccc(CC2CCN(C(=O)c3cccnc3)CC2)cc1. The molecule has 0 bridgehead atoms. The van der Waals surface area contributed by atoms with Gasteiger partial charge in [0.15, 0.2) is 0 Å². The monoisotopic (exact) mass is 365 g/mol. The number of aromatic nitrogens is 1. The Kier molecular flexibility index (Phi) is 6.58. The first-order valence-electron chi connectivity index (χ1n) is 9.63. The number of benzene rings is 1. The van der Waals surface area contributed by atoms with Crippen LogP contribution in [0.5, 0.6) is 0 Å². The van der Waals surface area contributed by atoms with Crippen molar-refractivity contribution in [2.45, 2.75) is 32.1 Å². The summed E-state index contributed by atoms with van der Waals surface area (Å²) < 4.78 is 0. The lowest BCUT2D eigenvalue weighted by molar-refractivity contribution is -0.120. The molecule has 0 atom stereocenters. The predicted octanol–water partition coefficient (Wildman–Crippen LogP) is 2.86. The topological polar surface area (TPSA) is 62.3 Å². The van der Waals surface area contributed by atoms with Crippen molar-refractivity contribution in [1.82, 2.24) is 15.2 Å². The van der Waals surface area contributed by atoms with Gasteiger partial charge in [-0.2, -0.15) is 0 Å². The van der Waals surface area contributed by atoms with Crippen molar-refractivity contribution in [3.63, 3.8) is 0 Å². The summed E-state index contributed by atoms with van der Waals surface area (Å²) in [6, 6.07) is 12.2. The summed E-state index contributed by atoms with van der Waals surface area (Å²) in [4.78, 5) is 29.8. The van der Waals surface area contributed by atoms with Crippen molar-refractivity contribution in [3.05, 3.63) is 65.5 Å². The predicted molar refractivity (Wildman–Crippen MR) is 105 cm³/mol. The normalized spacial score (nSPS) is 14.8. The Morgan fingerprint density at radius 2 is 1.81 bits per heavy atom. The number of hydrogen-bond acceptors (Lipinski definition) is 3. The molecule has 2 amide bonds. The number of nitrogens with one attached hydrogen (secondary N) is 1. The van der Waals surface area contributed by atoms with E-state index in [0.29, 0.717) is 17.9 Å². The highest BCUT2D eigenvalue weighted by Crippen LogP contribution is 2.23. The number of hydrogen-bond donors (Lipinski definition) is 1. The van der Waals surface area contributed by atoms with Crippen molar-refractivity contribution in [2.24, 2.45) is 5.92 Å². The van der Waals surface area contributed by atoms with Crippen molar-refractivity contribution in [3.8, 4) is 0 Å². The molecule has 5 nitrogen and oxygen atoms in total. The molecular weight excluding hydrogens is 338 g/mol. The number of likely N-dealkylation sites (tertiary alicyclic amines) is 1. The smallest absolute Gasteiger partial charge is 0.255 e. The van der Waals surface area contributed by atoms with Crippen LogP contribution in [0.25, 0.3) is 0 Å². The van der Waals surface area contributed by atoms with Gasteiger partial charge in [0.05, 0.1) is 5.56 Å². The van der Waals surface area contributed by atoms with E-state index in [0.717, 1.165) is 38.8 Å². The van der Waals surface area contributed by atoms with Crippen LogP contribution in [0, 0.1) is 5.92 Å². The Morgan fingerprint density at radius 3 is 2.44 bits per heavy atom. The van der Waals surface area contributed by atoms with Gasteiger partial charge in [0.1, 0.15) is 0 Å². The maximum Gasteiger partial charge on any atom is 0.255 e. The molecule has 27 heavy (non-hydrogen) atoms. The molecule has 2 heterocycles. The minimum absolute atomic E-state index is 0.0756. The van der Waals surface area contributed by atoms with Crippen LogP contribution >= 0.6 is 0 Å². The van der Waals surface area contributed by atoms with E-state index in [-0.39, 0.29) is 11.8 Å². The fourth-order valence-corrected chi connectivity index (χ4v) is 3.57. The van der Waals surface area contributed by atoms with Gasteiger partial charge >= 0.3 is 0 Å². The zero-order valence-electron chi connectivity index (χ0n) is 15.9. The summed E-state index contributed by atoms with van der Waals surface area (Å²) in [5, 5.41) is 2.65. The number of carbonyl (C=O) groups excluding carboxylic acids is 2. The molecule has 1 aromatic heterocycles. The zero-order valence-corrected chi connectivity index (χ0v) is 15.9. The first-order valence-corrected chi connectivity index (χ1v) is 9.63. The van der Waals surface area contributed by atoms with Gasteiger partial charge in [-0.1, -0.05) is 24.3 Å². The molecule has 0 unspecified atom stereocenters. The first-order chi connectivity index (χ1) is 13.2. The third-order valence-corrected chi connectivity index (χ3v) is 5.28. The van der Waals surface area contributed by atoms with E-state index in [2.05, 4.69) is 34.6 Å². The summed E-state index contributed by atoms with van der Waals surface area (Å²) in [5.74, 6) is 0.772. The van der Waals surface area contributed by atoms with Gasteiger partial charge in [0.2, 0.25) is 5.91 Å². The van der Waals surface area contributed by atoms with E-state index < -0.39 is 0 Å². The number of pyridine rings is 1. The van der Waals surface area contributed by atoms with Gasteiger partial charge < -0.3 is 10.2 Å². The number of nitrogens with zero attached hydrogens (tertiary/aromatic N) is 2. The van der Waals surface area contributed by atoms with E-state index in [1.165, 1.54) is 11.1 Å². The molecular formula is C22H27N3O2. The highest BCUT2D eigenvalue weighted by Gasteiger charge is 2.23. The average Bonchev–Trinajstić information content (AvgIpc) is 2.73. The number of amides is 2. The summed E-state index contributed by atoms with van der Waals surface area (Å²) >= 11 is 0. The van der Waals surface area contributed by atoms with Crippen LogP contribution in [0.4, 0.5) is 0 Å². The lowest BCUT2D eigenvalue weighted by Crippen LogP contribution is -2.38. The fraction of sp³-hybridized carbons (Fsp3) is 0.409. The molecule has 1 aliphatic heterocycles. The van der Waals surface area contributed by atoms with Gasteiger partial charge in [-0.25, -0.2) is 0 Å². The molecule has 1 aliphatic rings. The molecule has 142 valence electrons. The number of carbonyl (C=O) groups is 2. The molecule has 0 spiro atoms.